The molecule has 0 radical (unpaired) electrons. The number of unbranched alkanes of at least 4 members (excludes halogenated alkanes) is 1. The van der Waals surface area contributed by atoms with Crippen molar-refractivity contribution in [3.05, 3.63) is 36.0 Å². The Kier molecular flexibility index (Phi) is 5.90. The van der Waals surface area contributed by atoms with Crippen molar-refractivity contribution in [2.24, 2.45) is 0 Å². The summed E-state index contributed by atoms with van der Waals surface area (Å²) < 4.78 is 0. The average Bonchev–Trinajstić information content (AvgIpc) is 2.57. The molecule has 0 fully saturated rings. The second-order valence-electron chi connectivity index (χ2n) is 5.56. The SMILES string of the molecule is CCCCC(=O)c1cc(NC(CC)CO)c2ncccc2c1. The highest BCUT2D eigenvalue weighted by Gasteiger charge is 2.13. The van der Waals surface area contributed by atoms with E-state index in [4.69, 9.17) is 0 Å². The molecule has 0 spiro atoms. The van der Waals surface area contributed by atoms with Crippen molar-refractivity contribution >= 4 is 22.4 Å². The van der Waals surface area contributed by atoms with Crippen LogP contribution in [-0.4, -0.2) is 28.5 Å². The van der Waals surface area contributed by atoms with Crippen LogP contribution in [0, 0.1) is 0 Å². The van der Waals surface area contributed by atoms with Gasteiger partial charge in [-0.15, -0.1) is 0 Å². The van der Waals surface area contributed by atoms with Crippen molar-refractivity contribution in [2.45, 2.75) is 45.6 Å². The second kappa shape index (κ2) is 7.90. The maximum atomic E-state index is 12.3. The van der Waals surface area contributed by atoms with E-state index in [0.717, 1.165) is 35.9 Å². The van der Waals surface area contributed by atoms with Gasteiger partial charge in [0.2, 0.25) is 0 Å². The molecule has 1 unspecified atom stereocenters. The molecule has 2 rings (SSSR count). The first-order valence-electron chi connectivity index (χ1n) is 7.99. The van der Waals surface area contributed by atoms with Crippen molar-refractivity contribution in [3.8, 4) is 0 Å². The van der Waals surface area contributed by atoms with Crippen LogP contribution in [0.25, 0.3) is 10.9 Å². The van der Waals surface area contributed by atoms with E-state index in [1.54, 1.807) is 6.20 Å². The molecule has 118 valence electrons. The predicted octanol–water partition coefficient (Wildman–Crippen LogP) is 3.79. The third kappa shape index (κ3) is 3.83. The summed E-state index contributed by atoms with van der Waals surface area (Å²) in [6.07, 6.45) is 5.03. The van der Waals surface area contributed by atoms with Crippen LogP contribution in [-0.2, 0) is 0 Å². The number of nitrogens with zero attached hydrogens (tertiary/aromatic N) is 1. The monoisotopic (exact) mass is 300 g/mol. The zero-order valence-electron chi connectivity index (χ0n) is 13.3. The first-order chi connectivity index (χ1) is 10.7. The van der Waals surface area contributed by atoms with Crippen molar-refractivity contribution < 1.29 is 9.90 Å². The molecule has 22 heavy (non-hydrogen) atoms. The number of aliphatic hydroxyl groups is 1. The summed E-state index contributed by atoms with van der Waals surface area (Å²) >= 11 is 0. The summed E-state index contributed by atoms with van der Waals surface area (Å²) in [6.45, 7) is 4.15. The minimum atomic E-state index is -0.0359. The highest BCUT2D eigenvalue weighted by atomic mass is 16.3. The highest BCUT2D eigenvalue weighted by Crippen LogP contribution is 2.25. The molecule has 4 heteroatoms. The number of hydrogen-bond acceptors (Lipinski definition) is 4. The Morgan fingerprint density at radius 1 is 1.36 bits per heavy atom. The molecule has 0 aliphatic heterocycles. The summed E-state index contributed by atoms with van der Waals surface area (Å²) in [4.78, 5) is 16.7. The molecule has 1 heterocycles. The van der Waals surface area contributed by atoms with Gasteiger partial charge in [0.25, 0.3) is 0 Å². The Morgan fingerprint density at radius 3 is 2.86 bits per heavy atom. The summed E-state index contributed by atoms with van der Waals surface area (Å²) in [7, 11) is 0. The number of Topliss-reactive ketones (excluding diaryl/α,β-unsaturated/α-hetero) is 1. The van der Waals surface area contributed by atoms with Crippen LogP contribution in [0.3, 0.4) is 0 Å². The van der Waals surface area contributed by atoms with Crippen LogP contribution >= 0.6 is 0 Å². The molecule has 1 aromatic carbocycles. The van der Waals surface area contributed by atoms with Crippen molar-refractivity contribution in [1.82, 2.24) is 4.98 Å². The predicted molar refractivity (Wildman–Crippen MR) is 90.4 cm³/mol. The number of fused-ring (bicyclic) bond motifs is 1. The van der Waals surface area contributed by atoms with Crippen LogP contribution in [0.5, 0.6) is 0 Å². The van der Waals surface area contributed by atoms with E-state index in [1.807, 2.05) is 31.2 Å². The van der Waals surface area contributed by atoms with Gasteiger partial charge in [0.05, 0.1) is 17.8 Å². The van der Waals surface area contributed by atoms with Crippen molar-refractivity contribution in [2.75, 3.05) is 11.9 Å². The Balaban J connectivity index is 2.41. The summed E-state index contributed by atoms with van der Waals surface area (Å²) in [5.41, 5.74) is 2.37. The molecule has 1 aromatic heterocycles. The molecule has 0 amide bonds. The molecule has 0 saturated carbocycles. The average molecular weight is 300 g/mol. The maximum absolute atomic E-state index is 12.3. The summed E-state index contributed by atoms with van der Waals surface area (Å²) in [6, 6.07) is 7.57. The molecule has 0 bridgehead atoms. The maximum Gasteiger partial charge on any atom is 0.162 e. The fourth-order valence-corrected chi connectivity index (χ4v) is 2.44. The molecule has 2 N–H and O–H groups in total. The molecule has 0 aliphatic rings. The van der Waals surface area contributed by atoms with E-state index in [9.17, 15) is 9.90 Å². The Morgan fingerprint density at radius 2 is 2.18 bits per heavy atom. The molecule has 1 atom stereocenters. The first-order valence-corrected chi connectivity index (χ1v) is 7.99. The number of anilines is 1. The number of nitrogens with one attached hydrogen (secondary N) is 1. The van der Waals surface area contributed by atoms with Crippen LogP contribution in [0.1, 0.15) is 49.9 Å². The van der Waals surface area contributed by atoms with Gasteiger partial charge in [-0.1, -0.05) is 26.3 Å². The molecule has 4 nitrogen and oxygen atoms in total. The lowest BCUT2D eigenvalue weighted by atomic mass is 10.0. The number of carbonyl (C=O) groups excluding carboxylic acids is 1. The van der Waals surface area contributed by atoms with E-state index >= 15 is 0 Å². The highest BCUT2D eigenvalue weighted by molar-refractivity contribution is 6.03. The lowest BCUT2D eigenvalue weighted by Crippen LogP contribution is -2.23. The molecule has 2 aromatic rings. The quantitative estimate of drug-likeness (QED) is 0.728. The van der Waals surface area contributed by atoms with Gasteiger partial charge < -0.3 is 10.4 Å². The zero-order chi connectivity index (χ0) is 15.9. The third-order valence-electron chi connectivity index (χ3n) is 3.86. The van der Waals surface area contributed by atoms with Gasteiger partial charge in [-0.05, 0) is 31.0 Å². The number of pyridine rings is 1. The standard InChI is InChI=1S/C18H24N2O2/c1-3-5-8-17(22)14-10-13-7-6-9-19-18(13)16(11-14)20-15(4-2)12-21/h6-7,9-11,15,20-21H,3-5,8,12H2,1-2H3. The number of aromatic nitrogens is 1. The first kappa shape index (κ1) is 16.4. The Hall–Kier alpha value is -1.94. The lowest BCUT2D eigenvalue weighted by Gasteiger charge is -2.17. The molecule has 0 aliphatic carbocycles. The van der Waals surface area contributed by atoms with Crippen LogP contribution in [0.4, 0.5) is 5.69 Å². The van der Waals surface area contributed by atoms with Gasteiger partial charge in [-0.3, -0.25) is 9.78 Å². The van der Waals surface area contributed by atoms with Gasteiger partial charge in [0.15, 0.2) is 5.78 Å². The van der Waals surface area contributed by atoms with Crippen LogP contribution in [0.2, 0.25) is 0 Å². The van der Waals surface area contributed by atoms with E-state index < -0.39 is 0 Å². The van der Waals surface area contributed by atoms with Gasteiger partial charge in [-0.25, -0.2) is 0 Å². The fourth-order valence-electron chi connectivity index (χ4n) is 2.44. The number of rotatable bonds is 8. The van der Waals surface area contributed by atoms with Gasteiger partial charge in [0, 0.05) is 29.6 Å². The smallest absolute Gasteiger partial charge is 0.162 e. The fraction of sp³-hybridized carbons (Fsp3) is 0.444. The summed E-state index contributed by atoms with van der Waals surface area (Å²) in [5.74, 6) is 0.160. The van der Waals surface area contributed by atoms with Gasteiger partial charge in [0.1, 0.15) is 0 Å². The normalized spacial score (nSPS) is 12.3. The van der Waals surface area contributed by atoms with E-state index in [0.29, 0.717) is 12.0 Å². The van der Waals surface area contributed by atoms with Crippen LogP contribution < -0.4 is 5.32 Å². The molecular weight excluding hydrogens is 276 g/mol. The topological polar surface area (TPSA) is 62.2 Å². The van der Waals surface area contributed by atoms with Gasteiger partial charge in [-0.2, -0.15) is 0 Å². The number of aliphatic hydroxyl groups excluding tert-OH is 1. The lowest BCUT2D eigenvalue weighted by molar-refractivity contribution is 0.0980. The summed E-state index contributed by atoms with van der Waals surface area (Å²) in [5, 5.41) is 13.7. The van der Waals surface area contributed by atoms with E-state index in [-0.39, 0.29) is 18.4 Å². The second-order valence-corrected chi connectivity index (χ2v) is 5.56. The largest absolute Gasteiger partial charge is 0.394 e. The zero-order valence-corrected chi connectivity index (χ0v) is 13.3. The van der Waals surface area contributed by atoms with E-state index in [2.05, 4.69) is 17.2 Å². The number of ketones is 1. The molecular formula is C18H24N2O2. The van der Waals surface area contributed by atoms with Crippen molar-refractivity contribution in [1.29, 1.82) is 0 Å². The number of carbonyl (C=O) groups is 1. The number of benzene rings is 1. The van der Waals surface area contributed by atoms with Gasteiger partial charge >= 0.3 is 0 Å². The minimum Gasteiger partial charge on any atom is -0.394 e. The Bertz CT molecular complexity index is 636. The third-order valence-corrected chi connectivity index (χ3v) is 3.86. The van der Waals surface area contributed by atoms with Crippen LogP contribution in [0.15, 0.2) is 30.5 Å². The Labute approximate surface area is 131 Å². The molecule has 0 saturated heterocycles. The number of hydrogen-bond donors (Lipinski definition) is 2. The van der Waals surface area contributed by atoms with Crippen molar-refractivity contribution in [3.63, 3.8) is 0 Å². The minimum absolute atomic E-state index is 0.0359. The van der Waals surface area contributed by atoms with E-state index in [1.165, 1.54) is 0 Å².